The molecule has 15 heavy (non-hydrogen) atoms. The van der Waals surface area contributed by atoms with E-state index in [0.29, 0.717) is 12.0 Å². The third-order valence-corrected chi connectivity index (χ3v) is 3.24. The number of rotatable bonds is 3. The Hall–Kier alpha value is -1.18. The minimum absolute atomic E-state index is 0.535. The van der Waals surface area contributed by atoms with Crippen LogP contribution in [0, 0.1) is 12.8 Å². The molecule has 0 aromatic heterocycles. The second-order valence-corrected chi connectivity index (χ2v) is 4.64. The number of nitrogens with zero attached hydrogens (tertiary/aromatic N) is 1. The van der Waals surface area contributed by atoms with Gasteiger partial charge in [0.15, 0.2) is 0 Å². The van der Waals surface area contributed by atoms with Gasteiger partial charge in [-0.2, -0.15) is 0 Å². The summed E-state index contributed by atoms with van der Waals surface area (Å²) in [6.07, 6.45) is 0. The summed E-state index contributed by atoms with van der Waals surface area (Å²) in [7, 11) is 2.13. The van der Waals surface area contributed by atoms with Gasteiger partial charge < -0.3 is 10.6 Å². The predicted molar refractivity (Wildman–Crippen MR) is 68.3 cm³/mol. The molecule has 0 amide bonds. The number of hydrogen-bond acceptors (Lipinski definition) is 2. The van der Waals surface area contributed by atoms with Crippen molar-refractivity contribution in [3.63, 3.8) is 0 Å². The second kappa shape index (κ2) is 4.56. The van der Waals surface area contributed by atoms with Crippen LogP contribution in [0.1, 0.15) is 26.3 Å². The third kappa shape index (κ3) is 2.65. The van der Waals surface area contributed by atoms with Crippen molar-refractivity contribution in [2.75, 3.05) is 17.7 Å². The van der Waals surface area contributed by atoms with Crippen LogP contribution in [-0.2, 0) is 0 Å². The SMILES string of the molecule is Cc1cc(N(C)C(C)C(C)C)ccc1N. The second-order valence-electron chi connectivity index (χ2n) is 4.64. The van der Waals surface area contributed by atoms with Crippen LogP contribution >= 0.6 is 0 Å². The van der Waals surface area contributed by atoms with E-state index in [1.807, 2.05) is 13.0 Å². The van der Waals surface area contributed by atoms with Crippen LogP contribution in [0.25, 0.3) is 0 Å². The fourth-order valence-corrected chi connectivity index (χ4v) is 1.56. The maximum atomic E-state index is 5.81. The summed E-state index contributed by atoms with van der Waals surface area (Å²) < 4.78 is 0. The molecule has 84 valence electrons. The van der Waals surface area contributed by atoms with Gasteiger partial charge in [-0.1, -0.05) is 13.8 Å². The number of aryl methyl sites for hydroxylation is 1. The van der Waals surface area contributed by atoms with Gasteiger partial charge in [0.2, 0.25) is 0 Å². The van der Waals surface area contributed by atoms with Crippen LogP contribution < -0.4 is 10.6 Å². The Morgan fingerprint density at radius 3 is 2.27 bits per heavy atom. The molecule has 2 nitrogen and oxygen atoms in total. The summed E-state index contributed by atoms with van der Waals surface area (Å²) in [6, 6.07) is 6.75. The Labute approximate surface area is 93.1 Å². The molecule has 0 saturated heterocycles. The van der Waals surface area contributed by atoms with Gasteiger partial charge in [-0.05, 0) is 43.5 Å². The van der Waals surface area contributed by atoms with Crippen LogP contribution in [0.5, 0.6) is 0 Å². The van der Waals surface area contributed by atoms with E-state index in [1.54, 1.807) is 0 Å². The van der Waals surface area contributed by atoms with Gasteiger partial charge in [0, 0.05) is 24.5 Å². The molecular weight excluding hydrogens is 184 g/mol. The summed E-state index contributed by atoms with van der Waals surface area (Å²) >= 11 is 0. The Bertz CT molecular complexity index is 331. The topological polar surface area (TPSA) is 29.3 Å². The predicted octanol–water partition coefficient (Wildman–Crippen LogP) is 3.06. The molecule has 0 spiro atoms. The van der Waals surface area contributed by atoms with E-state index in [2.05, 4.69) is 44.9 Å². The van der Waals surface area contributed by atoms with Crippen molar-refractivity contribution in [1.29, 1.82) is 0 Å². The van der Waals surface area contributed by atoms with Gasteiger partial charge in [-0.3, -0.25) is 0 Å². The molecule has 0 heterocycles. The van der Waals surface area contributed by atoms with E-state index in [9.17, 15) is 0 Å². The smallest absolute Gasteiger partial charge is 0.0370 e. The summed E-state index contributed by atoms with van der Waals surface area (Å²) in [5.41, 5.74) is 9.06. The van der Waals surface area contributed by atoms with Crippen LogP contribution in [-0.4, -0.2) is 13.1 Å². The normalized spacial score (nSPS) is 12.9. The lowest BCUT2D eigenvalue weighted by atomic mass is 10.0. The van der Waals surface area contributed by atoms with E-state index in [4.69, 9.17) is 5.73 Å². The first-order valence-corrected chi connectivity index (χ1v) is 5.52. The van der Waals surface area contributed by atoms with Crippen molar-refractivity contribution >= 4 is 11.4 Å². The molecule has 0 radical (unpaired) electrons. The molecule has 1 aromatic rings. The number of nitrogen functional groups attached to an aromatic ring is 1. The molecule has 1 unspecified atom stereocenters. The average molecular weight is 206 g/mol. The largest absolute Gasteiger partial charge is 0.399 e. The molecule has 0 fully saturated rings. The van der Waals surface area contributed by atoms with Gasteiger partial charge in [-0.15, -0.1) is 0 Å². The Balaban J connectivity index is 2.91. The molecule has 0 saturated carbocycles. The molecule has 0 bridgehead atoms. The third-order valence-electron chi connectivity index (χ3n) is 3.24. The maximum Gasteiger partial charge on any atom is 0.0370 e. The van der Waals surface area contributed by atoms with Crippen molar-refractivity contribution in [3.8, 4) is 0 Å². The minimum atomic E-state index is 0.535. The lowest BCUT2D eigenvalue weighted by Crippen LogP contribution is -2.33. The molecule has 0 aliphatic heterocycles. The van der Waals surface area contributed by atoms with Crippen LogP contribution in [0.4, 0.5) is 11.4 Å². The monoisotopic (exact) mass is 206 g/mol. The van der Waals surface area contributed by atoms with E-state index in [-0.39, 0.29) is 0 Å². The molecule has 1 atom stereocenters. The molecular formula is C13H22N2. The molecule has 1 rings (SSSR count). The van der Waals surface area contributed by atoms with Crippen LogP contribution in [0.15, 0.2) is 18.2 Å². The standard InChI is InChI=1S/C13H22N2/c1-9(2)11(4)15(5)12-6-7-13(14)10(3)8-12/h6-9,11H,14H2,1-5H3. The summed E-state index contributed by atoms with van der Waals surface area (Å²) in [5.74, 6) is 0.646. The fourth-order valence-electron chi connectivity index (χ4n) is 1.56. The van der Waals surface area contributed by atoms with E-state index >= 15 is 0 Å². The number of hydrogen-bond donors (Lipinski definition) is 1. The van der Waals surface area contributed by atoms with Crippen molar-refractivity contribution < 1.29 is 0 Å². The number of nitrogens with two attached hydrogens (primary N) is 1. The van der Waals surface area contributed by atoms with Crippen molar-refractivity contribution in [1.82, 2.24) is 0 Å². The van der Waals surface area contributed by atoms with Gasteiger partial charge >= 0.3 is 0 Å². The van der Waals surface area contributed by atoms with E-state index < -0.39 is 0 Å². The van der Waals surface area contributed by atoms with Crippen LogP contribution in [0.3, 0.4) is 0 Å². The van der Waals surface area contributed by atoms with Crippen LogP contribution in [0.2, 0.25) is 0 Å². The zero-order valence-corrected chi connectivity index (χ0v) is 10.4. The first-order valence-electron chi connectivity index (χ1n) is 5.52. The number of anilines is 2. The minimum Gasteiger partial charge on any atom is -0.399 e. The highest BCUT2D eigenvalue weighted by Crippen LogP contribution is 2.23. The summed E-state index contributed by atoms with van der Waals surface area (Å²) in [4.78, 5) is 2.30. The molecule has 0 aliphatic carbocycles. The molecule has 0 aliphatic rings. The highest BCUT2D eigenvalue weighted by molar-refractivity contribution is 5.58. The van der Waals surface area contributed by atoms with Crippen molar-refractivity contribution in [2.45, 2.75) is 33.7 Å². The zero-order valence-electron chi connectivity index (χ0n) is 10.4. The molecule has 1 aromatic carbocycles. The lowest BCUT2D eigenvalue weighted by Gasteiger charge is -2.30. The van der Waals surface area contributed by atoms with Crippen molar-refractivity contribution in [3.05, 3.63) is 23.8 Å². The maximum absolute atomic E-state index is 5.81. The Kier molecular flexibility index (Phi) is 3.61. The fraction of sp³-hybridized carbons (Fsp3) is 0.538. The molecule has 2 heteroatoms. The Morgan fingerprint density at radius 1 is 1.20 bits per heavy atom. The van der Waals surface area contributed by atoms with Gasteiger partial charge in [0.05, 0.1) is 0 Å². The highest BCUT2D eigenvalue weighted by Gasteiger charge is 2.13. The highest BCUT2D eigenvalue weighted by atomic mass is 15.1. The van der Waals surface area contributed by atoms with Gasteiger partial charge in [0.1, 0.15) is 0 Å². The summed E-state index contributed by atoms with van der Waals surface area (Å²) in [5, 5.41) is 0. The van der Waals surface area contributed by atoms with E-state index in [1.165, 1.54) is 5.69 Å². The van der Waals surface area contributed by atoms with Gasteiger partial charge in [0.25, 0.3) is 0 Å². The van der Waals surface area contributed by atoms with E-state index in [0.717, 1.165) is 11.3 Å². The zero-order chi connectivity index (χ0) is 11.6. The first kappa shape index (κ1) is 11.9. The number of benzene rings is 1. The average Bonchev–Trinajstić information content (AvgIpc) is 2.19. The Morgan fingerprint density at radius 2 is 1.80 bits per heavy atom. The van der Waals surface area contributed by atoms with Gasteiger partial charge in [-0.25, -0.2) is 0 Å². The quantitative estimate of drug-likeness (QED) is 0.770. The van der Waals surface area contributed by atoms with Crippen molar-refractivity contribution in [2.24, 2.45) is 5.92 Å². The summed E-state index contributed by atoms with van der Waals surface area (Å²) in [6.45, 7) is 8.78. The lowest BCUT2D eigenvalue weighted by molar-refractivity contribution is 0.505. The first-order chi connectivity index (χ1) is 6.93. The molecule has 2 N–H and O–H groups in total.